The van der Waals surface area contributed by atoms with Crippen molar-refractivity contribution in [2.24, 2.45) is 0 Å². The second kappa shape index (κ2) is 6.92. The number of nitrogens with one attached hydrogen (secondary N) is 1. The minimum Gasteiger partial charge on any atom is -0.490 e. The van der Waals surface area contributed by atoms with Crippen molar-refractivity contribution in [3.05, 3.63) is 41.7 Å². The second-order valence-corrected chi connectivity index (χ2v) is 4.95. The minimum atomic E-state index is 0.675. The molecule has 0 spiro atoms. The molecule has 2 aromatic rings. The third kappa shape index (κ3) is 3.62. The molecule has 1 N–H and O–H groups in total. The quantitative estimate of drug-likeness (QED) is 0.885. The first-order valence-electron chi connectivity index (χ1n) is 7.05. The van der Waals surface area contributed by atoms with Crippen molar-refractivity contribution in [1.29, 1.82) is 0 Å². The van der Waals surface area contributed by atoms with Gasteiger partial charge in [-0.2, -0.15) is 0 Å². The molecule has 2 rings (SSSR count). The van der Waals surface area contributed by atoms with Gasteiger partial charge in [-0.1, -0.05) is 29.8 Å². The van der Waals surface area contributed by atoms with Gasteiger partial charge in [0, 0.05) is 20.1 Å². The van der Waals surface area contributed by atoms with Gasteiger partial charge in [0.15, 0.2) is 11.6 Å². The van der Waals surface area contributed by atoms with Crippen LogP contribution < -0.4 is 15.0 Å². The Balaban J connectivity index is 2.23. The van der Waals surface area contributed by atoms with Crippen LogP contribution in [-0.2, 0) is 6.54 Å². The second-order valence-electron chi connectivity index (χ2n) is 4.95. The number of aryl methyl sites for hydroxylation is 1. The van der Waals surface area contributed by atoms with E-state index in [0.717, 1.165) is 24.7 Å². The van der Waals surface area contributed by atoms with Crippen molar-refractivity contribution >= 4 is 11.6 Å². The van der Waals surface area contributed by atoms with Crippen LogP contribution in [-0.4, -0.2) is 30.7 Å². The largest absolute Gasteiger partial charge is 0.490 e. The fourth-order valence-corrected chi connectivity index (χ4v) is 2.16. The number of nitrogens with zero attached hydrogens (tertiary/aromatic N) is 3. The van der Waals surface area contributed by atoms with E-state index >= 15 is 0 Å². The molecule has 0 aliphatic carbocycles. The molecule has 0 bridgehead atoms. The summed E-state index contributed by atoms with van der Waals surface area (Å²) in [5.41, 5.74) is 2.49. The van der Waals surface area contributed by atoms with E-state index in [2.05, 4.69) is 51.4 Å². The Morgan fingerprint density at radius 1 is 1.19 bits per heavy atom. The molecule has 5 nitrogen and oxygen atoms in total. The number of hydrogen-bond donors (Lipinski definition) is 1. The fourth-order valence-electron chi connectivity index (χ4n) is 2.16. The Morgan fingerprint density at radius 2 is 1.90 bits per heavy atom. The molecule has 0 saturated heterocycles. The molecular formula is C16H22N4O. The summed E-state index contributed by atoms with van der Waals surface area (Å²) in [6.45, 7) is 5.66. The zero-order valence-corrected chi connectivity index (χ0v) is 13.1. The predicted molar refractivity (Wildman–Crippen MR) is 86.0 cm³/mol. The summed E-state index contributed by atoms with van der Waals surface area (Å²) in [4.78, 5) is 10.6. The summed E-state index contributed by atoms with van der Waals surface area (Å²) in [5, 5.41) is 3.19. The van der Waals surface area contributed by atoms with E-state index < -0.39 is 0 Å². The van der Waals surface area contributed by atoms with Crippen LogP contribution in [0, 0.1) is 6.92 Å². The normalized spacial score (nSPS) is 10.3. The van der Waals surface area contributed by atoms with Crippen molar-refractivity contribution in [2.75, 3.05) is 30.9 Å². The monoisotopic (exact) mass is 286 g/mol. The standard InChI is InChI=1S/C16H22N4O/c1-5-17-15-14(21-4)16(19-11-18-15)20(3)10-13-8-6-12(2)7-9-13/h6-9,11H,5,10H2,1-4H3,(H,17,18,19). The lowest BCUT2D eigenvalue weighted by Gasteiger charge is -2.21. The van der Waals surface area contributed by atoms with Crippen LogP contribution in [0.3, 0.4) is 0 Å². The Kier molecular flexibility index (Phi) is 4.98. The van der Waals surface area contributed by atoms with Gasteiger partial charge in [-0.15, -0.1) is 0 Å². The first kappa shape index (κ1) is 15.1. The van der Waals surface area contributed by atoms with Gasteiger partial charge in [-0.05, 0) is 19.4 Å². The van der Waals surface area contributed by atoms with Gasteiger partial charge in [0.1, 0.15) is 6.33 Å². The molecular weight excluding hydrogens is 264 g/mol. The molecule has 1 aromatic carbocycles. The SMILES string of the molecule is CCNc1ncnc(N(C)Cc2ccc(C)cc2)c1OC. The number of methoxy groups -OCH3 is 1. The first-order chi connectivity index (χ1) is 10.2. The summed E-state index contributed by atoms with van der Waals surface area (Å²) in [5.74, 6) is 2.18. The van der Waals surface area contributed by atoms with Crippen molar-refractivity contribution < 1.29 is 4.74 Å². The summed E-state index contributed by atoms with van der Waals surface area (Å²) < 4.78 is 5.48. The molecule has 0 aliphatic heterocycles. The average molecular weight is 286 g/mol. The maximum Gasteiger partial charge on any atom is 0.204 e. The van der Waals surface area contributed by atoms with Crippen molar-refractivity contribution in [3.63, 3.8) is 0 Å². The van der Waals surface area contributed by atoms with Gasteiger partial charge >= 0.3 is 0 Å². The zero-order valence-electron chi connectivity index (χ0n) is 13.1. The van der Waals surface area contributed by atoms with Gasteiger partial charge < -0.3 is 15.0 Å². The van der Waals surface area contributed by atoms with E-state index in [-0.39, 0.29) is 0 Å². The van der Waals surface area contributed by atoms with Gasteiger partial charge in [0.05, 0.1) is 7.11 Å². The smallest absolute Gasteiger partial charge is 0.204 e. The van der Waals surface area contributed by atoms with E-state index in [4.69, 9.17) is 4.74 Å². The molecule has 0 radical (unpaired) electrons. The highest BCUT2D eigenvalue weighted by Gasteiger charge is 2.15. The lowest BCUT2D eigenvalue weighted by molar-refractivity contribution is 0.412. The van der Waals surface area contributed by atoms with Crippen LogP contribution in [0.15, 0.2) is 30.6 Å². The van der Waals surface area contributed by atoms with E-state index in [1.165, 1.54) is 11.1 Å². The van der Waals surface area contributed by atoms with E-state index in [1.807, 2.05) is 14.0 Å². The Labute approximate surface area is 126 Å². The van der Waals surface area contributed by atoms with Crippen LogP contribution in [0.2, 0.25) is 0 Å². The number of rotatable bonds is 6. The van der Waals surface area contributed by atoms with Gasteiger partial charge in [-0.3, -0.25) is 0 Å². The molecule has 0 atom stereocenters. The molecule has 0 aliphatic rings. The van der Waals surface area contributed by atoms with Crippen molar-refractivity contribution in [3.8, 4) is 5.75 Å². The molecule has 0 amide bonds. The highest BCUT2D eigenvalue weighted by atomic mass is 16.5. The Bertz CT molecular complexity index is 583. The summed E-state index contributed by atoms with van der Waals surface area (Å²) >= 11 is 0. The van der Waals surface area contributed by atoms with E-state index in [9.17, 15) is 0 Å². The molecule has 0 fully saturated rings. The predicted octanol–water partition coefficient (Wildman–Crippen LogP) is 2.86. The molecule has 5 heteroatoms. The summed E-state index contributed by atoms with van der Waals surface area (Å²) in [6.07, 6.45) is 1.56. The maximum absolute atomic E-state index is 5.48. The summed E-state index contributed by atoms with van der Waals surface area (Å²) in [7, 11) is 3.64. The fraction of sp³-hybridized carbons (Fsp3) is 0.375. The maximum atomic E-state index is 5.48. The van der Waals surface area contributed by atoms with Crippen LogP contribution in [0.4, 0.5) is 11.6 Å². The van der Waals surface area contributed by atoms with Crippen LogP contribution >= 0.6 is 0 Å². The van der Waals surface area contributed by atoms with E-state index in [1.54, 1.807) is 13.4 Å². The minimum absolute atomic E-state index is 0.675. The molecule has 1 heterocycles. The van der Waals surface area contributed by atoms with Gasteiger partial charge in [0.2, 0.25) is 5.75 Å². The molecule has 0 saturated carbocycles. The lowest BCUT2D eigenvalue weighted by atomic mass is 10.1. The lowest BCUT2D eigenvalue weighted by Crippen LogP contribution is -2.19. The number of benzene rings is 1. The number of hydrogen-bond acceptors (Lipinski definition) is 5. The van der Waals surface area contributed by atoms with Gasteiger partial charge in [0.25, 0.3) is 0 Å². The zero-order chi connectivity index (χ0) is 15.2. The van der Waals surface area contributed by atoms with E-state index in [0.29, 0.717) is 5.75 Å². The third-order valence-electron chi connectivity index (χ3n) is 3.24. The number of anilines is 2. The van der Waals surface area contributed by atoms with Gasteiger partial charge in [-0.25, -0.2) is 9.97 Å². The Hall–Kier alpha value is -2.30. The van der Waals surface area contributed by atoms with Crippen LogP contribution in [0.25, 0.3) is 0 Å². The highest BCUT2D eigenvalue weighted by Crippen LogP contribution is 2.31. The summed E-state index contributed by atoms with van der Waals surface area (Å²) in [6, 6.07) is 8.49. The van der Waals surface area contributed by atoms with Crippen LogP contribution in [0.1, 0.15) is 18.1 Å². The Morgan fingerprint density at radius 3 is 2.52 bits per heavy atom. The number of ether oxygens (including phenoxy) is 1. The highest BCUT2D eigenvalue weighted by molar-refractivity contribution is 5.64. The first-order valence-corrected chi connectivity index (χ1v) is 7.05. The average Bonchev–Trinajstić information content (AvgIpc) is 2.49. The third-order valence-corrected chi connectivity index (χ3v) is 3.24. The topological polar surface area (TPSA) is 50.3 Å². The molecule has 0 unspecified atom stereocenters. The van der Waals surface area contributed by atoms with Crippen molar-refractivity contribution in [2.45, 2.75) is 20.4 Å². The molecule has 1 aromatic heterocycles. The molecule has 112 valence electrons. The molecule has 21 heavy (non-hydrogen) atoms. The van der Waals surface area contributed by atoms with Crippen LogP contribution in [0.5, 0.6) is 5.75 Å². The number of aromatic nitrogens is 2. The van der Waals surface area contributed by atoms with Crippen molar-refractivity contribution in [1.82, 2.24) is 9.97 Å².